The summed E-state index contributed by atoms with van der Waals surface area (Å²) in [5.74, 6) is 1.49. The van der Waals surface area contributed by atoms with Crippen molar-refractivity contribution in [3.05, 3.63) is 34.9 Å². The zero-order chi connectivity index (χ0) is 16.4. The van der Waals surface area contributed by atoms with E-state index in [0.29, 0.717) is 24.7 Å². The quantitative estimate of drug-likeness (QED) is 0.863. The number of H-pyrrole nitrogens is 1. The van der Waals surface area contributed by atoms with Gasteiger partial charge in [-0.25, -0.2) is 4.98 Å². The van der Waals surface area contributed by atoms with E-state index in [0.717, 1.165) is 15.7 Å². The SMILES string of the molecule is CC(=O)SCC1CC(=O)N(c2ncc(-c3ccc(Br)cc3)[nH]2)C1. The Morgan fingerprint density at radius 1 is 1.43 bits per heavy atom. The second kappa shape index (κ2) is 6.88. The van der Waals surface area contributed by atoms with Gasteiger partial charge in [0.05, 0.1) is 11.9 Å². The summed E-state index contributed by atoms with van der Waals surface area (Å²) in [6.07, 6.45) is 2.21. The first kappa shape index (κ1) is 16.3. The fourth-order valence-electron chi connectivity index (χ4n) is 2.56. The van der Waals surface area contributed by atoms with Crippen LogP contribution in [0.15, 0.2) is 34.9 Å². The minimum atomic E-state index is 0.0517. The Morgan fingerprint density at radius 3 is 2.87 bits per heavy atom. The molecule has 0 radical (unpaired) electrons. The molecule has 1 unspecified atom stereocenters. The molecule has 7 heteroatoms. The fraction of sp³-hybridized carbons (Fsp3) is 0.312. The number of rotatable bonds is 4. The van der Waals surface area contributed by atoms with E-state index in [1.807, 2.05) is 24.3 Å². The number of anilines is 1. The summed E-state index contributed by atoms with van der Waals surface area (Å²) in [7, 11) is 0. The number of hydrogen-bond donors (Lipinski definition) is 1. The number of carbonyl (C=O) groups is 2. The molecule has 1 saturated heterocycles. The number of aromatic nitrogens is 2. The molecule has 1 atom stereocenters. The first-order valence-corrected chi connectivity index (χ1v) is 9.05. The third-order valence-corrected chi connectivity index (χ3v) is 5.27. The smallest absolute Gasteiger partial charge is 0.229 e. The molecule has 1 fully saturated rings. The molecule has 2 heterocycles. The van der Waals surface area contributed by atoms with Crippen molar-refractivity contribution >= 4 is 44.7 Å². The molecule has 1 aromatic heterocycles. The van der Waals surface area contributed by atoms with Crippen LogP contribution in [0.2, 0.25) is 0 Å². The monoisotopic (exact) mass is 393 g/mol. The largest absolute Gasteiger partial charge is 0.324 e. The van der Waals surface area contributed by atoms with Gasteiger partial charge >= 0.3 is 0 Å². The van der Waals surface area contributed by atoms with Gasteiger partial charge in [-0.2, -0.15) is 0 Å². The highest BCUT2D eigenvalue weighted by Gasteiger charge is 2.32. The van der Waals surface area contributed by atoms with Crippen molar-refractivity contribution in [2.45, 2.75) is 13.3 Å². The number of aromatic amines is 1. The molecular weight excluding hydrogens is 378 g/mol. The van der Waals surface area contributed by atoms with Crippen LogP contribution in [0.1, 0.15) is 13.3 Å². The van der Waals surface area contributed by atoms with Gasteiger partial charge in [-0.1, -0.05) is 39.8 Å². The van der Waals surface area contributed by atoms with Crippen LogP contribution in [0.5, 0.6) is 0 Å². The Kier molecular flexibility index (Phi) is 4.87. The second-order valence-corrected chi connectivity index (χ2v) is 7.62. The van der Waals surface area contributed by atoms with Crippen LogP contribution >= 0.6 is 27.7 Å². The van der Waals surface area contributed by atoms with Crippen LogP contribution < -0.4 is 4.90 Å². The zero-order valence-electron chi connectivity index (χ0n) is 12.6. The predicted octanol–water partition coefficient (Wildman–Crippen LogP) is 3.47. The van der Waals surface area contributed by atoms with E-state index in [2.05, 4.69) is 25.9 Å². The van der Waals surface area contributed by atoms with Crippen molar-refractivity contribution in [3.63, 3.8) is 0 Å². The molecule has 23 heavy (non-hydrogen) atoms. The molecule has 120 valence electrons. The highest BCUT2D eigenvalue weighted by Crippen LogP contribution is 2.28. The lowest BCUT2D eigenvalue weighted by Gasteiger charge is -2.12. The molecule has 1 aliphatic rings. The molecule has 1 N–H and O–H groups in total. The van der Waals surface area contributed by atoms with Crippen LogP contribution in [-0.2, 0) is 9.59 Å². The van der Waals surface area contributed by atoms with E-state index in [4.69, 9.17) is 0 Å². The Hall–Kier alpha value is -1.60. The van der Waals surface area contributed by atoms with Gasteiger partial charge in [0, 0.05) is 30.1 Å². The highest BCUT2D eigenvalue weighted by atomic mass is 79.9. The van der Waals surface area contributed by atoms with Gasteiger partial charge in [-0.3, -0.25) is 14.5 Å². The Morgan fingerprint density at radius 2 is 2.17 bits per heavy atom. The van der Waals surface area contributed by atoms with Gasteiger partial charge in [0.2, 0.25) is 11.9 Å². The molecule has 1 amide bonds. The van der Waals surface area contributed by atoms with Crippen molar-refractivity contribution in [1.82, 2.24) is 9.97 Å². The molecule has 0 spiro atoms. The van der Waals surface area contributed by atoms with Gasteiger partial charge < -0.3 is 4.98 Å². The van der Waals surface area contributed by atoms with E-state index in [1.165, 1.54) is 11.8 Å². The Balaban J connectivity index is 1.71. The summed E-state index contributed by atoms with van der Waals surface area (Å²) in [5, 5.41) is 0.0893. The van der Waals surface area contributed by atoms with Crippen molar-refractivity contribution in [1.29, 1.82) is 0 Å². The second-order valence-electron chi connectivity index (χ2n) is 5.50. The van der Waals surface area contributed by atoms with Gasteiger partial charge in [-0.15, -0.1) is 0 Å². The maximum absolute atomic E-state index is 12.2. The van der Waals surface area contributed by atoms with Crippen LogP contribution in [0.25, 0.3) is 11.3 Å². The number of amides is 1. The number of nitrogens with one attached hydrogen (secondary N) is 1. The molecule has 5 nitrogen and oxygen atoms in total. The minimum Gasteiger partial charge on any atom is -0.324 e. The normalized spacial score (nSPS) is 17.7. The van der Waals surface area contributed by atoms with Gasteiger partial charge in [0.25, 0.3) is 0 Å². The number of carbonyl (C=O) groups excluding carboxylic acids is 2. The van der Waals surface area contributed by atoms with E-state index in [1.54, 1.807) is 18.0 Å². The molecule has 3 rings (SSSR count). The Bertz CT molecular complexity index is 729. The Labute approximate surface area is 147 Å². The summed E-state index contributed by atoms with van der Waals surface area (Å²) < 4.78 is 1.02. The standard InChI is InChI=1S/C16H16BrN3O2S/c1-10(21)23-9-11-6-15(22)20(8-11)16-18-7-14(19-16)12-2-4-13(17)5-3-12/h2-5,7,11H,6,8-9H2,1H3,(H,18,19). The van der Waals surface area contributed by atoms with Gasteiger partial charge in [0.15, 0.2) is 5.12 Å². The molecular formula is C16H16BrN3O2S. The summed E-state index contributed by atoms with van der Waals surface area (Å²) >= 11 is 4.69. The first-order valence-electron chi connectivity index (χ1n) is 7.27. The van der Waals surface area contributed by atoms with Gasteiger partial charge in [0.1, 0.15) is 0 Å². The number of imidazole rings is 1. The predicted molar refractivity (Wildman–Crippen MR) is 95.3 cm³/mol. The average Bonchev–Trinajstić information content (AvgIpc) is 3.12. The van der Waals surface area contributed by atoms with Crippen molar-refractivity contribution in [3.8, 4) is 11.3 Å². The molecule has 0 bridgehead atoms. The van der Waals surface area contributed by atoms with Crippen LogP contribution in [0.3, 0.4) is 0 Å². The lowest BCUT2D eigenvalue weighted by atomic mass is 10.1. The van der Waals surface area contributed by atoms with E-state index in [9.17, 15) is 9.59 Å². The molecule has 0 saturated carbocycles. The number of halogens is 1. The molecule has 0 aliphatic carbocycles. The van der Waals surface area contributed by atoms with E-state index < -0.39 is 0 Å². The van der Waals surface area contributed by atoms with Crippen molar-refractivity contribution < 1.29 is 9.59 Å². The van der Waals surface area contributed by atoms with Gasteiger partial charge in [-0.05, 0) is 23.6 Å². The van der Waals surface area contributed by atoms with Crippen LogP contribution in [-0.4, -0.2) is 33.3 Å². The van der Waals surface area contributed by atoms with E-state index >= 15 is 0 Å². The van der Waals surface area contributed by atoms with E-state index in [-0.39, 0.29) is 16.9 Å². The third-order valence-electron chi connectivity index (χ3n) is 3.70. The summed E-state index contributed by atoms with van der Waals surface area (Å²) in [6.45, 7) is 2.16. The van der Waals surface area contributed by atoms with Crippen LogP contribution in [0.4, 0.5) is 5.95 Å². The number of benzene rings is 1. The van der Waals surface area contributed by atoms with Crippen molar-refractivity contribution in [2.24, 2.45) is 5.92 Å². The number of thioether (sulfide) groups is 1. The summed E-state index contributed by atoms with van der Waals surface area (Å²) in [5.41, 5.74) is 1.89. The van der Waals surface area contributed by atoms with Crippen LogP contribution in [0, 0.1) is 5.92 Å². The first-order chi connectivity index (χ1) is 11.0. The number of nitrogens with zero attached hydrogens (tertiary/aromatic N) is 2. The maximum atomic E-state index is 12.2. The van der Waals surface area contributed by atoms with Crippen molar-refractivity contribution in [2.75, 3.05) is 17.2 Å². The fourth-order valence-corrected chi connectivity index (χ4v) is 3.52. The summed E-state index contributed by atoms with van der Waals surface area (Å²) in [4.78, 5) is 32.5. The lowest BCUT2D eigenvalue weighted by molar-refractivity contribution is -0.117. The molecule has 1 aliphatic heterocycles. The number of hydrogen-bond acceptors (Lipinski definition) is 4. The topological polar surface area (TPSA) is 66.1 Å². The highest BCUT2D eigenvalue weighted by molar-refractivity contribution is 9.10. The third kappa shape index (κ3) is 3.84. The maximum Gasteiger partial charge on any atom is 0.229 e. The zero-order valence-corrected chi connectivity index (χ0v) is 15.0. The molecule has 1 aromatic carbocycles. The average molecular weight is 394 g/mol. The lowest BCUT2D eigenvalue weighted by Crippen LogP contribution is -2.25. The minimum absolute atomic E-state index is 0.0517. The summed E-state index contributed by atoms with van der Waals surface area (Å²) in [6, 6.07) is 7.90. The molecule has 2 aromatic rings.